The van der Waals surface area contributed by atoms with Crippen LogP contribution in [0.25, 0.3) is 10.9 Å². The number of aliphatic hydroxyl groups excluding tert-OH is 1. The Morgan fingerprint density at radius 3 is 2.69 bits per heavy atom. The molecule has 0 amide bonds. The second-order valence-electron chi connectivity index (χ2n) is 6.74. The maximum atomic E-state index is 9.69. The van der Waals surface area contributed by atoms with Crippen LogP contribution in [0.4, 0.5) is 0 Å². The SMILES string of the molecule is COc1ccc2c3c(c(CCO)n2Cc2ccc(Cl)cc2)CC(C)Sc13. The van der Waals surface area contributed by atoms with Gasteiger partial charge in [0.2, 0.25) is 0 Å². The van der Waals surface area contributed by atoms with Crippen molar-refractivity contribution in [2.24, 2.45) is 0 Å². The van der Waals surface area contributed by atoms with Crippen molar-refractivity contribution in [3.63, 3.8) is 0 Å². The number of hydrogen-bond donors (Lipinski definition) is 1. The fraction of sp³-hybridized carbons (Fsp3) is 0.333. The summed E-state index contributed by atoms with van der Waals surface area (Å²) in [6.07, 6.45) is 1.68. The summed E-state index contributed by atoms with van der Waals surface area (Å²) in [5.41, 5.74) is 5.02. The smallest absolute Gasteiger partial charge is 0.133 e. The first kappa shape index (κ1) is 17.8. The molecule has 1 atom stereocenters. The van der Waals surface area contributed by atoms with Gasteiger partial charge in [0.1, 0.15) is 5.75 Å². The Morgan fingerprint density at radius 1 is 1.23 bits per heavy atom. The van der Waals surface area contributed by atoms with E-state index in [4.69, 9.17) is 16.3 Å². The number of aromatic nitrogens is 1. The highest BCUT2D eigenvalue weighted by atomic mass is 35.5. The minimum atomic E-state index is 0.151. The molecule has 0 bridgehead atoms. The summed E-state index contributed by atoms with van der Waals surface area (Å²) in [5, 5.41) is 12.2. The van der Waals surface area contributed by atoms with Crippen LogP contribution in [0.15, 0.2) is 41.3 Å². The Labute approximate surface area is 162 Å². The van der Waals surface area contributed by atoms with Gasteiger partial charge < -0.3 is 14.4 Å². The number of thioether (sulfide) groups is 1. The highest BCUT2D eigenvalue weighted by molar-refractivity contribution is 8.00. The third-order valence-electron chi connectivity index (χ3n) is 5.00. The van der Waals surface area contributed by atoms with Crippen molar-refractivity contribution in [1.29, 1.82) is 0 Å². The Balaban J connectivity index is 1.93. The number of nitrogens with zero attached hydrogens (tertiary/aromatic N) is 1. The quantitative estimate of drug-likeness (QED) is 0.674. The van der Waals surface area contributed by atoms with Gasteiger partial charge in [0.05, 0.1) is 17.5 Å². The number of ether oxygens (including phenoxy) is 1. The number of aliphatic hydroxyl groups is 1. The molecule has 0 spiro atoms. The first-order chi connectivity index (χ1) is 12.6. The molecule has 1 N–H and O–H groups in total. The monoisotopic (exact) mass is 387 g/mol. The van der Waals surface area contributed by atoms with E-state index in [0.717, 1.165) is 23.7 Å². The summed E-state index contributed by atoms with van der Waals surface area (Å²) in [4.78, 5) is 1.23. The van der Waals surface area contributed by atoms with Crippen molar-refractivity contribution in [2.45, 2.75) is 36.5 Å². The molecule has 1 aromatic heterocycles. The van der Waals surface area contributed by atoms with E-state index in [1.165, 1.54) is 32.6 Å². The van der Waals surface area contributed by atoms with Crippen molar-refractivity contribution in [3.05, 3.63) is 58.2 Å². The topological polar surface area (TPSA) is 34.4 Å². The Hall–Kier alpha value is -1.62. The second-order valence-corrected chi connectivity index (χ2v) is 8.62. The van der Waals surface area contributed by atoms with E-state index in [1.807, 2.05) is 23.9 Å². The Morgan fingerprint density at radius 2 is 2.00 bits per heavy atom. The van der Waals surface area contributed by atoms with Crippen LogP contribution in [-0.2, 0) is 19.4 Å². The summed E-state index contributed by atoms with van der Waals surface area (Å²) in [6.45, 7) is 3.18. The predicted octanol–water partition coefficient (Wildman–Crippen LogP) is 4.92. The standard InChI is InChI=1S/C21H22ClNO2S/c1-13-11-16-17(9-10-24)23(12-14-3-5-15(22)6-4-14)18-7-8-19(25-2)21(26-13)20(16)18/h3-8,13,24H,9-12H2,1-2H3. The molecule has 136 valence electrons. The molecule has 0 saturated heterocycles. The molecule has 0 radical (unpaired) electrons. The van der Waals surface area contributed by atoms with Crippen molar-refractivity contribution >= 4 is 34.3 Å². The lowest BCUT2D eigenvalue weighted by molar-refractivity contribution is 0.296. The molecular weight excluding hydrogens is 366 g/mol. The third kappa shape index (κ3) is 3.00. The van der Waals surface area contributed by atoms with E-state index in [2.05, 4.69) is 35.8 Å². The lowest BCUT2D eigenvalue weighted by Gasteiger charge is -2.21. The molecule has 26 heavy (non-hydrogen) atoms. The van der Waals surface area contributed by atoms with Crippen molar-refractivity contribution in [1.82, 2.24) is 4.57 Å². The van der Waals surface area contributed by atoms with Crippen molar-refractivity contribution in [3.8, 4) is 5.75 Å². The molecule has 1 aliphatic heterocycles. The van der Waals surface area contributed by atoms with Crippen LogP contribution in [0.1, 0.15) is 23.7 Å². The van der Waals surface area contributed by atoms with Gasteiger partial charge in [-0.25, -0.2) is 0 Å². The van der Waals surface area contributed by atoms with Gasteiger partial charge in [0.15, 0.2) is 0 Å². The molecule has 4 rings (SSSR count). The first-order valence-corrected chi connectivity index (χ1v) is 10.1. The average Bonchev–Trinajstić information content (AvgIpc) is 2.92. The maximum Gasteiger partial charge on any atom is 0.133 e. The van der Waals surface area contributed by atoms with Gasteiger partial charge in [-0.1, -0.05) is 30.7 Å². The van der Waals surface area contributed by atoms with Gasteiger partial charge >= 0.3 is 0 Å². The number of rotatable bonds is 5. The summed E-state index contributed by atoms with van der Waals surface area (Å²) in [5.74, 6) is 0.939. The third-order valence-corrected chi connectivity index (χ3v) is 6.46. The number of benzene rings is 2. The largest absolute Gasteiger partial charge is 0.496 e. The molecule has 0 saturated carbocycles. The Bertz CT molecular complexity index is 949. The van der Waals surface area contributed by atoms with Crippen molar-refractivity contribution < 1.29 is 9.84 Å². The first-order valence-electron chi connectivity index (χ1n) is 8.85. The molecule has 3 nitrogen and oxygen atoms in total. The van der Waals surface area contributed by atoms with Crippen LogP contribution in [-0.4, -0.2) is 28.6 Å². The zero-order valence-corrected chi connectivity index (χ0v) is 16.5. The van der Waals surface area contributed by atoms with Crippen LogP contribution in [0.2, 0.25) is 5.02 Å². The zero-order valence-electron chi connectivity index (χ0n) is 15.0. The van der Waals surface area contributed by atoms with Gasteiger partial charge in [-0.2, -0.15) is 0 Å². The molecule has 1 unspecified atom stereocenters. The van der Waals surface area contributed by atoms with Crippen LogP contribution in [0, 0.1) is 0 Å². The molecule has 2 heterocycles. The van der Waals surface area contributed by atoms with Gasteiger partial charge in [-0.15, -0.1) is 11.8 Å². The van der Waals surface area contributed by atoms with E-state index < -0.39 is 0 Å². The molecule has 0 aliphatic carbocycles. The number of methoxy groups -OCH3 is 1. The summed E-state index contributed by atoms with van der Waals surface area (Å²) in [7, 11) is 1.73. The fourth-order valence-corrected chi connectivity index (χ4v) is 5.29. The van der Waals surface area contributed by atoms with E-state index in [-0.39, 0.29) is 6.61 Å². The van der Waals surface area contributed by atoms with E-state index in [1.54, 1.807) is 7.11 Å². The molecule has 1 aliphatic rings. The maximum absolute atomic E-state index is 9.69. The highest BCUT2D eigenvalue weighted by Gasteiger charge is 2.28. The average molecular weight is 388 g/mol. The minimum absolute atomic E-state index is 0.151. The van der Waals surface area contributed by atoms with Crippen LogP contribution in [0.5, 0.6) is 5.75 Å². The molecular formula is C21H22ClNO2S. The molecule has 3 aromatic rings. The van der Waals surface area contributed by atoms with Gasteiger partial charge in [0, 0.05) is 40.9 Å². The van der Waals surface area contributed by atoms with Crippen molar-refractivity contribution in [2.75, 3.05) is 13.7 Å². The van der Waals surface area contributed by atoms with Crippen LogP contribution < -0.4 is 4.74 Å². The lowest BCUT2D eigenvalue weighted by Crippen LogP contribution is -2.11. The number of hydrogen-bond acceptors (Lipinski definition) is 3. The minimum Gasteiger partial charge on any atom is -0.496 e. The zero-order chi connectivity index (χ0) is 18.3. The second kappa shape index (κ2) is 7.18. The highest BCUT2D eigenvalue weighted by Crippen LogP contribution is 2.47. The molecule has 5 heteroatoms. The Kier molecular flexibility index (Phi) is 4.91. The van der Waals surface area contributed by atoms with Gasteiger partial charge in [-0.3, -0.25) is 0 Å². The van der Waals surface area contributed by atoms with E-state index in [9.17, 15) is 5.11 Å². The normalized spacial score (nSPS) is 16.2. The fourth-order valence-electron chi connectivity index (χ4n) is 3.89. The summed E-state index contributed by atoms with van der Waals surface area (Å²) >= 11 is 7.92. The summed E-state index contributed by atoms with van der Waals surface area (Å²) in [6, 6.07) is 12.2. The van der Waals surface area contributed by atoms with Gasteiger partial charge in [-0.05, 0) is 41.8 Å². The van der Waals surface area contributed by atoms with Gasteiger partial charge in [0.25, 0.3) is 0 Å². The van der Waals surface area contributed by atoms with Crippen LogP contribution >= 0.6 is 23.4 Å². The lowest BCUT2D eigenvalue weighted by atomic mass is 10.0. The van der Waals surface area contributed by atoms with E-state index in [0.29, 0.717) is 11.7 Å². The predicted molar refractivity (Wildman–Crippen MR) is 109 cm³/mol. The van der Waals surface area contributed by atoms with Crippen LogP contribution in [0.3, 0.4) is 0 Å². The summed E-state index contributed by atoms with van der Waals surface area (Å²) < 4.78 is 7.98. The molecule has 0 fully saturated rings. The molecule has 2 aromatic carbocycles. The van der Waals surface area contributed by atoms with E-state index >= 15 is 0 Å². The number of halogens is 1.